The number of aromatic hydroxyl groups is 6. The fourth-order valence-electron chi connectivity index (χ4n) is 3.02. The molecule has 0 heterocycles. The maximum atomic E-state index is 12.4. The first kappa shape index (κ1) is 29.1. The Balaban J connectivity index is 0.000000211. The maximum absolute atomic E-state index is 12.4. The molecule has 38 heavy (non-hydrogen) atoms. The minimum Gasteiger partial charge on any atom is -0.507 e. The van der Waals surface area contributed by atoms with Crippen molar-refractivity contribution in [2.24, 2.45) is 0 Å². The average molecular weight is 690 g/mol. The number of hydrogen-bond acceptors (Lipinski definition) is 10. The summed E-state index contributed by atoms with van der Waals surface area (Å²) < 4.78 is 49.8. The second-order valence-corrected chi connectivity index (χ2v) is 13.0. The number of halogens is 2. The van der Waals surface area contributed by atoms with E-state index in [1.54, 1.807) is 0 Å². The van der Waals surface area contributed by atoms with Crippen LogP contribution in [0.25, 0.3) is 0 Å². The summed E-state index contributed by atoms with van der Waals surface area (Å²) >= 11 is 6.15. The third-order valence-electron chi connectivity index (χ3n) is 4.99. The van der Waals surface area contributed by atoms with Gasteiger partial charge in [-0.25, -0.2) is 16.8 Å². The third-order valence-corrected chi connectivity index (χ3v) is 9.83. The van der Waals surface area contributed by atoms with Crippen LogP contribution in [0.3, 0.4) is 0 Å². The van der Waals surface area contributed by atoms with E-state index in [4.69, 9.17) is 0 Å². The Morgan fingerprint density at radius 1 is 0.474 bits per heavy atom. The summed E-state index contributed by atoms with van der Waals surface area (Å²) in [7, 11) is -7.97. The van der Waals surface area contributed by atoms with Crippen LogP contribution in [0.15, 0.2) is 101 Å². The smallest absolute Gasteiger partial charge is 0.214 e. The molecule has 6 N–H and O–H groups in total. The molecule has 200 valence electrons. The molecular formula is C24H18Br2O10S2. The van der Waals surface area contributed by atoms with Gasteiger partial charge in [0.2, 0.25) is 19.7 Å². The van der Waals surface area contributed by atoms with Crippen LogP contribution in [-0.4, -0.2) is 47.5 Å². The molecule has 4 rings (SSSR count). The molecule has 0 atom stereocenters. The number of benzene rings is 4. The van der Waals surface area contributed by atoms with Gasteiger partial charge in [0.15, 0.2) is 23.0 Å². The molecule has 10 nitrogen and oxygen atoms in total. The number of para-hydroxylation sites is 2. The van der Waals surface area contributed by atoms with Crippen LogP contribution in [0.2, 0.25) is 0 Å². The second kappa shape index (κ2) is 11.1. The third kappa shape index (κ3) is 5.83. The van der Waals surface area contributed by atoms with Crippen molar-refractivity contribution in [1.82, 2.24) is 0 Å². The van der Waals surface area contributed by atoms with Crippen molar-refractivity contribution in [2.75, 3.05) is 0 Å². The Morgan fingerprint density at radius 2 is 0.842 bits per heavy atom. The summed E-state index contributed by atoms with van der Waals surface area (Å²) in [4.78, 5) is -1.02. The maximum Gasteiger partial charge on any atom is 0.214 e. The summed E-state index contributed by atoms with van der Waals surface area (Å²) in [6, 6.07) is 14.8. The molecule has 0 spiro atoms. The SMILES string of the molecule is O=S(=O)(c1ccc(O)c(Br)c1)c1ccc(O)c(Br)c1.O=S(=O)(c1cccc(O)c1O)c1cccc(O)c1O. The molecule has 0 fully saturated rings. The molecule has 0 aliphatic rings. The summed E-state index contributed by atoms with van der Waals surface area (Å²) in [5.41, 5.74) is 0. The van der Waals surface area contributed by atoms with Crippen LogP contribution >= 0.6 is 31.9 Å². The lowest BCUT2D eigenvalue weighted by molar-refractivity contribution is 0.389. The average Bonchev–Trinajstić information content (AvgIpc) is 2.86. The van der Waals surface area contributed by atoms with Crippen molar-refractivity contribution in [1.29, 1.82) is 0 Å². The highest BCUT2D eigenvalue weighted by molar-refractivity contribution is 9.11. The number of phenolic OH excluding ortho intramolecular Hbond substituents is 6. The zero-order valence-electron chi connectivity index (χ0n) is 18.8. The molecule has 0 aliphatic carbocycles. The van der Waals surface area contributed by atoms with E-state index in [1.807, 2.05) is 0 Å². The van der Waals surface area contributed by atoms with Gasteiger partial charge in [0.05, 0.1) is 18.7 Å². The van der Waals surface area contributed by atoms with Gasteiger partial charge in [-0.3, -0.25) is 0 Å². The minimum absolute atomic E-state index is 0.0363. The number of rotatable bonds is 4. The molecule has 4 aromatic rings. The van der Waals surface area contributed by atoms with Crippen LogP contribution < -0.4 is 0 Å². The molecular weight excluding hydrogens is 672 g/mol. The zero-order chi connectivity index (χ0) is 28.4. The summed E-state index contributed by atoms with van der Waals surface area (Å²) in [5, 5.41) is 56.5. The largest absolute Gasteiger partial charge is 0.507 e. The van der Waals surface area contributed by atoms with E-state index in [9.17, 15) is 47.5 Å². The van der Waals surface area contributed by atoms with E-state index in [0.29, 0.717) is 8.95 Å². The van der Waals surface area contributed by atoms with Gasteiger partial charge in [0, 0.05) is 0 Å². The van der Waals surface area contributed by atoms with Crippen LogP contribution in [-0.2, 0) is 19.7 Å². The van der Waals surface area contributed by atoms with Crippen LogP contribution in [0, 0.1) is 0 Å². The highest BCUT2D eigenvalue weighted by Gasteiger charge is 2.27. The fraction of sp³-hybridized carbons (Fsp3) is 0. The van der Waals surface area contributed by atoms with Crippen molar-refractivity contribution < 1.29 is 47.5 Å². The lowest BCUT2D eigenvalue weighted by atomic mass is 10.3. The van der Waals surface area contributed by atoms with Gasteiger partial charge in [0.1, 0.15) is 21.3 Å². The van der Waals surface area contributed by atoms with Gasteiger partial charge in [-0.2, -0.15) is 0 Å². The standard InChI is InChI=1S/C12H8Br2O4S.C12H10O6S/c13-9-5-7(1-3-11(9)15)19(17,18)8-2-4-12(16)10(14)6-8;13-7-3-1-5-9(11(7)15)19(17,18)10-6-2-4-8(14)12(10)16/h1-6,15-16H;1-6,13-16H. The fourth-order valence-corrected chi connectivity index (χ4v) is 6.86. The Hall–Kier alpha value is -3.46. The summed E-state index contributed by atoms with van der Waals surface area (Å²) in [6.45, 7) is 0. The number of phenols is 6. The van der Waals surface area contributed by atoms with Crippen molar-refractivity contribution >= 4 is 51.5 Å². The van der Waals surface area contributed by atoms with Gasteiger partial charge < -0.3 is 30.6 Å². The molecule has 14 heteroatoms. The van der Waals surface area contributed by atoms with Crippen LogP contribution in [0.4, 0.5) is 0 Å². The molecule has 4 aromatic carbocycles. The van der Waals surface area contributed by atoms with E-state index in [2.05, 4.69) is 31.9 Å². The Bertz CT molecular complexity index is 1620. The molecule has 0 saturated carbocycles. The summed E-state index contributed by atoms with van der Waals surface area (Å²) in [6.07, 6.45) is 0. The molecule has 0 unspecified atom stereocenters. The van der Waals surface area contributed by atoms with Crippen molar-refractivity contribution in [2.45, 2.75) is 19.6 Å². The zero-order valence-corrected chi connectivity index (χ0v) is 23.6. The topological polar surface area (TPSA) is 190 Å². The van der Waals surface area contributed by atoms with Gasteiger partial charge in [-0.1, -0.05) is 12.1 Å². The Kier molecular flexibility index (Phi) is 8.51. The van der Waals surface area contributed by atoms with E-state index in [0.717, 1.165) is 24.3 Å². The first-order chi connectivity index (χ1) is 17.7. The van der Waals surface area contributed by atoms with Crippen LogP contribution in [0.1, 0.15) is 0 Å². The summed E-state index contributed by atoms with van der Waals surface area (Å²) in [5.74, 6) is -2.89. The molecule has 0 saturated heterocycles. The van der Waals surface area contributed by atoms with Crippen molar-refractivity contribution in [3.8, 4) is 34.5 Å². The normalized spacial score (nSPS) is 11.4. The Morgan fingerprint density at radius 3 is 1.18 bits per heavy atom. The van der Waals surface area contributed by atoms with Crippen molar-refractivity contribution in [3.05, 3.63) is 81.7 Å². The monoisotopic (exact) mass is 688 g/mol. The lowest BCUT2D eigenvalue weighted by Gasteiger charge is -2.09. The second-order valence-electron chi connectivity index (χ2n) is 7.48. The van der Waals surface area contributed by atoms with Gasteiger partial charge in [-0.05, 0) is 92.5 Å². The van der Waals surface area contributed by atoms with Crippen LogP contribution in [0.5, 0.6) is 34.5 Å². The highest BCUT2D eigenvalue weighted by atomic mass is 79.9. The quantitative estimate of drug-likeness (QED) is 0.162. The van der Waals surface area contributed by atoms with E-state index in [1.165, 1.54) is 48.5 Å². The molecule has 0 aliphatic heterocycles. The van der Waals surface area contributed by atoms with E-state index < -0.39 is 52.5 Å². The predicted octanol–water partition coefficient (Wildman–Crippen LogP) is 4.80. The van der Waals surface area contributed by atoms with Gasteiger partial charge in [-0.15, -0.1) is 0 Å². The molecule has 0 amide bonds. The number of sulfone groups is 2. The molecule has 0 aromatic heterocycles. The predicted molar refractivity (Wildman–Crippen MR) is 142 cm³/mol. The highest BCUT2D eigenvalue weighted by Crippen LogP contribution is 2.40. The van der Waals surface area contributed by atoms with E-state index in [-0.39, 0.29) is 21.3 Å². The minimum atomic E-state index is -4.27. The van der Waals surface area contributed by atoms with Crippen molar-refractivity contribution in [3.63, 3.8) is 0 Å². The van der Waals surface area contributed by atoms with E-state index >= 15 is 0 Å². The number of hydrogen-bond donors (Lipinski definition) is 6. The lowest BCUT2D eigenvalue weighted by Crippen LogP contribution is -2.02. The van der Waals surface area contributed by atoms with Gasteiger partial charge >= 0.3 is 0 Å². The Labute approximate surface area is 233 Å². The van der Waals surface area contributed by atoms with Gasteiger partial charge in [0.25, 0.3) is 0 Å². The molecule has 0 bridgehead atoms. The molecule has 0 radical (unpaired) electrons. The first-order valence-corrected chi connectivity index (χ1v) is 14.7. The first-order valence-electron chi connectivity index (χ1n) is 10.2.